The summed E-state index contributed by atoms with van der Waals surface area (Å²) in [6, 6.07) is 4.40. The molecule has 0 aliphatic heterocycles. The molecule has 12 heteroatoms. The van der Waals surface area contributed by atoms with Crippen LogP contribution in [-0.4, -0.2) is 26.2 Å². The van der Waals surface area contributed by atoms with Crippen molar-refractivity contribution in [3.05, 3.63) is 63.7 Å². The highest BCUT2D eigenvalue weighted by Gasteiger charge is 2.33. The van der Waals surface area contributed by atoms with E-state index in [2.05, 4.69) is 20.5 Å². The molecule has 0 unspecified atom stereocenters. The molecule has 0 radical (unpaired) electrons. The molecule has 190 valence electrons. The van der Waals surface area contributed by atoms with Gasteiger partial charge in [-0.15, -0.1) is 10.2 Å². The molecule has 7 nitrogen and oxygen atoms in total. The Morgan fingerprint density at radius 1 is 1.11 bits per heavy atom. The van der Waals surface area contributed by atoms with Crippen LogP contribution in [0.2, 0.25) is 10.0 Å². The summed E-state index contributed by atoms with van der Waals surface area (Å²) in [7, 11) is 0. The van der Waals surface area contributed by atoms with Crippen LogP contribution in [0.5, 0.6) is 0 Å². The highest BCUT2D eigenvalue weighted by atomic mass is 35.5. The third-order valence-electron chi connectivity index (χ3n) is 3.95. The normalized spacial score (nSPS) is 11.1. The van der Waals surface area contributed by atoms with Crippen LogP contribution in [0.3, 0.4) is 0 Å². The highest BCUT2D eigenvalue weighted by molar-refractivity contribution is 6.32. The third-order valence-corrected chi connectivity index (χ3v) is 4.55. The molecule has 0 aliphatic rings. The number of anilines is 1. The maximum absolute atomic E-state index is 12.8. The first-order valence-electron chi connectivity index (χ1n) is 10.5. The molecule has 1 aromatic carbocycles. The summed E-state index contributed by atoms with van der Waals surface area (Å²) in [5.41, 5.74) is 0.207. The number of hydrogen-bond donors (Lipinski definition) is 2. The van der Waals surface area contributed by atoms with E-state index in [0.717, 1.165) is 18.2 Å². The van der Waals surface area contributed by atoms with Crippen LogP contribution in [-0.2, 0) is 17.6 Å². The summed E-state index contributed by atoms with van der Waals surface area (Å²) in [6.45, 7) is 9.18. The molecule has 3 aromatic rings. The second-order valence-electron chi connectivity index (χ2n) is 6.22. The lowest BCUT2D eigenvalue weighted by atomic mass is 10.1. The van der Waals surface area contributed by atoms with Crippen molar-refractivity contribution in [3.63, 3.8) is 0 Å². The van der Waals surface area contributed by atoms with Crippen molar-refractivity contribution in [2.75, 3.05) is 5.32 Å². The van der Waals surface area contributed by atoms with Gasteiger partial charge in [0.15, 0.2) is 0 Å². The first kappa shape index (κ1) is 30.1. The number of alkyl halides is 3. The van der Waals surface area contributed by atoms with Gasteiger partial charge < -0.3 is 14.8 Å². The number of aliphatic hydroxyl groups excluding tert-OH is 1. The van der Waals surface area contributed by atoms with Crippen LogP contribution >= 0.6 is 23.2 Å². The van der Waals surface area contributed by atoms with Crippen molar-refractivity contribution in [1.29, 1.82) is 0 Å². The van der Waals surface area contributed by atoms with Gasteiger partial charge in [0.25, 0.3) is 0 Å². The first-order valence-corrected chi connectivity index (χ1v) is 11.3. The van der Waals surface area contributed by atoms with E-state index >= 15 is 0 Å². The Bertz CT molecular complexity index is 1170. The predicted octanol–water partition coefficient (Wildman–Crippen LogP) is 7.04. The van der Waals surface area contributed by atoms with Crippen molar-refractivity contribution in [2.24, 2.45) is 0 Å². The van der Waals surface area contributed by atoms with Crippen LogP contribution in [0, 0.1) is 0 Å². The van der Waals surface area contributed by atoms with Crippen LogP contribution < -0.4 is 5.32 Å². The van der Waals surface area contributed by atoms with Crippen molar-refractivity contribution < 1.29 is 27.5 Å². The Balaban J connectivity index is 0.00000145. The molecular weight excluding hydrogens is 508 g/mol. The van der Waals surface area contributed by atoms with Gasteiger partial charge in [0.05, 0.1) is 26.9 Å². The number of halogens is 5. The Morgan fingerprint density at radius 2 is 1.77 bits per heavy atom. The fourth-order valence-corrected chi connectivity index (χ4v) is 3.15. The number of aliphatic hydroxyl groups is 1. The largest absolute Gasteiger partial charge is 0.418 e. The predicted molar refractivity (Wildman–Crippen MR) is 130 cm³/mol. The standard InChI is InChI=1S/C19H13Cl2F3N4O3.2C2H6/c1-9(4-15(30)26-11-2-3-12(13(20)6-11)19(22,23)24)17-14(21)5-10(7-25-17)18-28-27-16(8-29)31-18;2*1-2/h2-7,29H,8H2,1H3,(H,26,30);2*1-2H3/b9-4+;;. The minimum absolute atomic E-state index is 0.0336. The number of amides is 1. The first-order chi connectivity index (χ1) is 16.6. The summed E-state index contributed by atoms with van der Waals surface area (Å²) in [5, 5.41) is 18.5. The zero-order valence-electron chi connectivity index (χ0n) is 19.7. The van der Waals surface area contributed by atoms with Gasteiger partial charge in [0.1, 0.15) is 6.61 Å². The van der Waals surface area contributed by atoms with Gasteiger partial charge in [-0.25, -0.2) is 0 Å². The summed E-state index contributed by atoms with van der Waals surface area (Å²) in [4.78, 5) is 16.4. The molecular formula is C23H25Cl2F3N4O3. The topological polar surface area (TPSA) is 101 Å². The minimum atomic E-state index is -4.59. The van der Waals surface area contributed by atoms with Crippen LogP contribution in [0.15, 0.2) is 41.0 Å². The van der Waals surface area contributed by atoms with Crippen molar-refractivity contribution in [1.82, 2.24) is 15.2 Å². The molecule has 0 bridgehead atoms. The van der Waals surface area contributed by atoms with E-state index in [1.54, 1.807) is 6.92 Å². The molecule has 2 heterocycles. The molecule has 3 rings (SSSR count). The molecule has 35 heavy (non-hydrogen) atoms. The Labute approximate surface area is 211 Å². The third kappa shape index (κ3) is 8.34. The van der Waals surface area contributed by atoms with Gasteiger partial charge in [-0.05, 0) is 36.8 Å². The smallest absolute Gasteiger partial charge is 0.417 e. The van der Waals surface area contributed by atoms with Crippen LogP contribution in [0.4, 0.5) is 18.9 Å². The molecule has 0 saturated carbocycles. The van der Waals surface area contributed by atoms with E-state index < -0.39 is 29.3 Å². The average Bonchev–Trinajstić information content (AvgIpc) is 3.30. The van der Waals surface area contributed by atoms with Crippen molar-refractivity contribution in [3.8, 4) is 11.5 Å². The lowest BCUT2D eigenvalue weighted by Gasteiger charge is -2.11. The number of allylic oxidation sites excluding steroid dienone is 1. The number of benzene rings is 1. The van der Waals surface area contributed by atoms with Gasteiger partial charge in [0, 0.05) is 18.0 Å². The van der Waals surface area contributed by atoms with E-state index in [4.69, 9.17) is 32.7 Å². The van der Waals surface area contributed by atoms with Gasteiger partial charge >= 0.3 is 6.18 Å². The van der Waals surface area contributed by atoms with Gasteiger partial charge in [-0.2, -0.15) is 13.2 Å². The van der Waals surface area contributed by atoms with Gasteiger partial charge in [-0.1, -0.05) is 50.9 Å². The summed E-state index contributed by atoms with van der Waals surface area (Å²) < 4.78 is 43.5. The van der Waals surface area contributed by atoms with Crippen LogP contribution in [0.25, 0.3) is 17.0 Å². The Kier molecular flexibility index (Phi) is 11.9. The van der Waals surface area contributed by atoms with Gasteiger partial charge in [0.2, 0.25) is 17.7 Å². The number of carbonyl (C=O) groups is 1. The second kappa shape index (κ2) is 13.8. The number of nitrogens with zero attached hydrogens (tertiary/aromatic N) is 3. The molecule has 2 N–H and O–H groups in total. The summed E-state index contributed by atoms with van der Waals surface area (Å²) >= 11 is 11.9. The molecule has 1 amide bonds. The van der Waals surface area contributed by atoms with Gasteiger partial charge in [-0.3, -0.25) is 9.78 Å². The lowest BCUT2D eigenvalue weighted by Crippen LogP contribution is -2.10. The molecule has 0 saturated heterocycles. The minimum Gasteiger partial charge on any atom is -0.418 e. The number of aromatic nitrogens is 3. The molecule has 0 fully saturated rings. The second-order valence-corrected chi connectivity index (χ2v) is 7.04. The highest BCUT2D eigenvalue weighted by Crippen LogP contribution is 2.36. The lowest BCUT2D eigenvalue weighted by molar-refractivity contribution is -0.137. The van der Waals surface area contributed by atoms with E-state index in [9.17, 15) is 18.0 Å². The number of rotatable bonds is 5. The molecule has 0 spiro atoms. The van der Waals surface area contributed by atoms with Crippen LogP contribution in [0.1, 0.15) is 51.8 Å². The zero-order valence-corrected chi connectivity index (χ0v) is 21.2. The number of hydrogen-bond acceptors (Lipinski definition) is 6. The summed E-state index contributed by atoms with van der Waals surface area (Å²) in [6.07, 6.45) is -2.00. The maximum Gasteiger partial charge on any atom is 0.417 e. The monoisotopic (exact) mass is 532 g/mol. The Hall–Kier alpha value is -2.95. The Morgan fingerprint density at radius 3 is 2.29 bits per heavy atom. The quantitative estimate of drug-likeness (QED) is 0.341. The van der Waals surface area contributed by atoms with E-state index in [-0.39, 0.29) is 22.5 Å². The van der Waals surface area contributed by atoms with E-state index in [1.807, 2.05) is 27.7 Å². The van der Waals surface area contributed by atoms with Crippen molar-refractivity contribution in [2.45, 2.75) is 47.4 Å². The fraction of sp³-hybridized carbons (Fsp3) is 0.304. The number of nitrogens with one attached hydrogen (secondary N) is 1. The van der Waals surface area contributed by atoms with E-state index in [1.165, 1.54) is 18.3 Å². The summed E-state index contributed by atoms with van der Waals surface area (Å²) in [5.74, 6) is -0.463. The fourth-order valence-electron chi connectivity index (χ4n) is 2.55. The zero-order chi connectivity index (χ0) is 26.8. The molecule has 0 atom stereocenters. The maximum atomic E-state index is 12.8. The number of pyridine rings is 1. The number of carbonyl (C=O) groups excluding carboxylic acids is 1. The van der Waals surface area contributed by atoms with E-state index in [0.29, 0.717) is 16.8 Å². The van der Waals surface area contributed by atoms with Crippen molar-refractivity contribution >= 4 is 40.4 Å². The SMILES string of the molecule is C/C(=C\C(=O)Nc1ccc(C(F)(F)F)c(Cl)c1)c1ncc(-c2nnc(CO)o2)cc1Cl.CC.CC. The molecule has 0 aliphatic carbocycles. The molecule has 2 aromatic heterocycles. The average molecular weight is 533 g/mol.